The van der Waals surface area contributed by atoms with Crippen LogP contribution in [0.1, 0.15) is 21.7 Å². The van der Waals surface area contributed by atoms with Crippen LogP contribution in [0.15, 0.2) is 53.9 Å². The summed E-state index contributed by atoms with van der Waals surface area (Å²) >= 11 is 1.22. The fraction of sp³-hybridized carbons (Fsp3) is 0.100. The van der Waals surface area contributed by atoms with E-state index in [0.717, 1.165) is 11.3 Å². The predicted molar refractivity (Wildman–Crippen MR) is 106 cm³/mol. The molecule has 2 aromatic heterocycles. The van der Waals surface area contributed by atoms with E-state index in [9.17, 15) is 9.18 Å². The third-order valence-electron chi connectivity index (χ3n) is 4.33. The monoisotopic (exact) mass is 393 g/mol. The van der Waals surface area contributed by atoms with Gasteiger partial charge in [-0.25, -0.2) is 14.1 Å². The van der Waals surface area contributed by atoms with Gasteiger partial charge in [0.1, 0.15) is 5.82 Å². The Bertz CT molecular complexity index is 1170. The largest absolute Gasteiger partial charge is 0.296 e. The number of rotatable bonds is 4. The van der Waals surface area contributed by atoms with Gasteiger partial charge in [-0.1, -0.05) is 35.5 Å². The fourth-order valence-electron chi connectivity index (χ4n) is 2.85. The van der Waals surface area contributed by atoms with Crippen molar-refractivity contribution < 1.29 is 9.18 Å². The van der Waals surface area contributed by atoms with Crippen molar-refractivity contribution in [1.29, 1.82) is 0 Å². The molecule has 0 bridgehead atoms. The van der Waals surface area contributed by atoms with Gasteiger partial charge in [-0.2, -0.15) is 0 Å². The molecule has 2 aromatic carbocycles. The van der Waals surface area contributed by atoms with Gasteiger partial charge in [0.2, 0.25) is 0 Å². The maximum Gasteiger partial charge on any atom is 0.279 e. The van der Waals surface area contributed by atoms with Crippen LogP contribution in [0.3, 0.4) is 0 Å². The zero-order valence-electron chi connectivity index (χ0n) is 15.2. The maximum absolute atomic E-state index is 13.9. The fourth-order valence-corrected chi connectivity index (χ4v) is 3.55. The summed E-state index contributed by atoms with van der Waals surface area (Å²) in [6, 6.07) is 14.1. The van der Waals surface area contributed by atoms with Gasteiger partial charge in [-0.05, 0) is 37.6 Å². The highest BCUT2D eigenvalue weighted by Gasteiger charge is 2.19. The molecule has 0 aliphatic rings. The molecule has 2 heterocycles. The van der Waals surface area contributed by atoms with Crippen LogP contribution < -0.4 is 5.32 Å². The summed E-state index contributed by atoms with van der Waals surface area (Å²) < 4.78 is 15.6. The van der Waals surface area contributed by atoms with Crippen LogP contribution in [-0.2, 0) is 0 Å². The molecule has 6 nitrogen and oxygen atoms in total. The van der Waals surface area contributed by atoms with Crippen molar-refractivity contribution in [2.75, 3.05) is 5.32 Å². The number of para-hydroxylation sites is 1. The number of amides is 1. The SMILES string of the molecule is Cc1ccccc1-n1nnc(C(=O)Nc2nc(-c3ccccc3F)cs2)c1C. The minimum atomic E-state index is -0.410. The summed E-state index contributed by atoms with van der Waals surface area (Å²) in [5, 5.41) is 12.9. The van der Waals surface area contributed by atoms with E-state index in [4.69, 9.17) is 0 Å². The lowest BCUT2D eigenvalue weighted by Gasteiger charge is -2.06. The Labute approximate surface area is 164 Å². The van der Waals surface area contributed by atoms with E-state index < -0.39 is 5.91 Å². The van der Waals surface area contributed by atoms with E-state index in [2.05, 4.69) is 20.6 Å². The van der Waals surface area contributed by atoms with Crippen molar-refractivity contribution in [1.82, 2.24) is 20.0 Å². The van der Waals surface area contributed by atoms with Gasteiger partial charge in [-0.3, -0.25) is 10.1 Å². The Morgan fingerprint density at radius 2 is 1.86 bits per heavy atom. The van der Waals surface area contributed by atoms with Gasteiger partial charge in [0, 0.05) is 10.9 Å². The van der Waals surface area contributed by atoms with Gasteiger partial charge in [0.15, 0.2) is 10.8 Å². The molecule has 8 heteroatoms. The molecule has 0 spiro atoms. The first-order valence-corrected chi connectivity index (χ1v) is 9.42. The van der Waals surface area contributed by atoms with E-state index in [1.807, 2.05) is 31.2 Å². The summed E-state index contributed by atoms with van der Waals surface area (Å²) in [6.45, 7) is 3.75. The number of thiazole rings is 1. The lowest BCUT2D eigenvalue weighted by atomic mass is 10.2. The quantitative estimate of drug-likeness (QED) is 0.558. The summed E-state index contributed by atoms with van der Waals surface area (Å²) in [5.74, 6) is -0.769. The average molecular weight is 393 g/mol. The molecular formula is C20H16FN5OS. The number of carbonyl (C=O) groups is 1. The average Bonchev–Trinajstić information content (AvgIpc) is 3.29. The van der Waals surface area contributed by atoms with E-state index >= 15 is 0 Å². The second kappa shape index (κ2) is 7.32. The van der Waals surface area contributed by atoms with Gasteiger partial charge >= 0.3 is 0 Å². The Morgan fingerprint density at radius 1 is 1.11 bits per heavy atom. The minimum Gasteiger partial charge on any atom is -0.296 e. The molecule has 0 atom stereocenters. The number of halogens is 1. The molecule has 0 saturated carbocycles. The zero-order valence-corrected chi connectivity index (χ0v) is 16.0. The van der Waals surface area contributed by atoms with Crippen molar-refractivity contribution in [2.24, 2.45) is 0 Å². The number of hydrogen-bond acceptors (Lipinski definition) is 5. The number of nitrogens with zero attached hydrogens (tertiary/aromatic N) is 4. The van der Waals surface area contributed by atoms with E-state index in [1.54, 1.807) is 35.2 Å². The molecule has 0 unspecified atom stereocenters. The maximum atomic E-state index is 13.9. The van der Waals surface area contributed by atoms with Crippen LogP contribution in [0, 0.1) is 19.7 Å². The Hall–Kier alpha value is -3.39. The Kier molecular flexibility index (Phi) is 4.70. The van der Waals surface area contributed by atoms with Crippen molar-refractivity contribution in [3.8, 4) is 16.9 Å². The first kappa shape index (κ1) is 18.0. The molecule has 0 radical (unpaired) electrons. The van der Waals surface area contributed by atoms with Gasteiger partial charge in [0.25, 0.3) is 5.91 Å². The molecule has 0 aliphatic carbocycles. The predicted octanol–water partition coefficient (Wildman–Crippen LogP) is 4.40. The van der Waals surface area contributed by atoms with Crippen molar-refractivity contribution in [2.45, 2.75) is 13.8 Å². The summed E-state index contributed by atoms with van der Waals surface area (Å²) in [5.41, 5.74) is 3.59. The van der Waals surface area contributed by atoms with Crippen LogP contribution in [0.2, 0.25) is 0 Å². The van der Waals surface area contributed by atoms with Gasteiger partial charge in [0.05, 0.1) is 17.1 Å². The molecular weight excluding hydrogens is 377 g/mol. The molecule has 4 aromatic rings. The summed E-state index contributed by atoms with van der Waals surface area (Å²) in [4.78, 5) is 16.9. The molecule has 0 fully saturated rings. The second-order valence-corrected chi connectivity index (χ2v) is 7.05. The lowest BCUT2D eigenvalue weighted by molar-refractivity contribution is 0.102. The highest BCUT2D eigenvalue weighted by Crippen LogP contribution is 2.27. The van der Waals surface area contributed by atoms with E-state index in [0.29, 0.717) is 22.1 Å². The number of benzene rings is 2. The smallest absolute Gasteiger partial charge is 0.279 e. The molecule has 140 valence electrons. The van der Waals surface area contributed by atoms with Crippen molar-refractivity contribution in [3.05, 3.63) is 76.7 Å². The summed E-state index contributed by atoms with van der Waals surface area (Å²) in [7, 11) is 0. The third kappa shape index (κ3) is 3.29. The van der Waals surface area contributed by atoms with Crippen molar-refractivity contribution >= 4 is 22.4 Å². The van der Waals surface area contributed by atoms with Crippen LogP contribution in [-0.4, -0.2) is 25.9 Å². The first-order chi connectivity index (χ1) is 13.5. The van der Waals surface area contributed by atoms with Crippen LogP contribution >= 0.6 is 11.3 Å². The standard InChI is InChI=1S/C20H16FN5OS/c1-12-7-3-6-10-17(12)26-13(2)18(24-25-26)19(27)23-20-22-16(11-28-20)14-8-4-5-9-15(14)21/h3-11H,1-2H3,(H,22,23,27). The second-order valence-electron chi connectivity index (χ2n) is 6.19. The molecule has 28 heavy (non-hydrogen) atoms. The van der Waals surface area contributed by atoms with Crippen LogP contribution in [0.5, 0.6) is 0 Å². The summed E-state index contributed by atoms with van der Waals surface area (Å²) in [6.07, 6.45) is 0. The number of hydrogen-bond donors (Lipinski definition) is 1. The van der Waals surface area contributed by atoms with Crippen LogP contribution in [0.25, 0.3) is 16.9 Å². The van der Waals surface area contributed by atoms with Crippen LogP contribution in [0.4, 0.5) is 9.52 Å². The topological polar surface area (TPSA) is 72.7 Å². The zero-order chi connectivity index (χ0) is 19.7. The molecule has 0 aliphatic heterocycles. The Morgan fingerprint density at radius 3 is 2.64 bits per heavy atom. The molecule has 1 N–H and O–H groups in total. The van der Waals surface area contributed by atoms with E-state index in [1.165, 1.54) is 17.4 Å². The third-order valence-corrected chi connectivity index (χ3v) is 5.09. The normalized spacial score (nSPS) is 10.8. The molecule has 4 rings (SSSR count). The van der Waals surface area contributed by atoms with E-state index in [-0.39, 0.29) is 11.5 Å². The number of carbonyl (C=O) groups excluding carboxylic acids is 1. The minimum absolute atomic E-state index is 0.214. The number of nitrogens with one attached hydrogen (secondary N) is 1. The highest BCUT2D eigenvalue weighted by molar-refractivity contribution is 7.14. The molecule has 0 saturated heterocycles. The number of aryl methyl sites for hydroxylation is 1. The van der Waals surface area contributed by atoms with Gasteiger partial charge in [-0.15, -0.1) is 16.4 Å². The highest BCUT2D eigenvalue weighted by atomic mass is 32.1. The van der Waals surface area contributed by atoms with Gasteiger partial charge < -0.3 is 0 Å². The Balaban J connectivity index is 1.57. The number of anilines is 1. The lowest BCUT2D eigenvalue weighted by Crippen LogP contribution is -2.14. The van der Waals surface area contributed by atoms with Crippen molar-refractivity contribution in [3.63, 3.8) is 0 Å². The number of aromatic nitrogens is 4. The molecule has 1 amide bonds. The first-order valence-electron chi connectivity index (χ1n) is 8.54.